The first-order valence-corrected chi connectivity index (χ1v) is 7.91. The van der Waals surface area contributed by atoms with E-state index in [1.807, 2.05) is 32.0 Å². The second kappa shape index (κ2) is 7.91. The van der Waals surface area contributed by atoms with E-state index >= 15 is 0 Å². The summed E-state index contributed by atoms with van der Waals surface area (Å²) in [5, 5.41) is 28.0. The second-order valence-electron chi connectivity index (χ2n) is 5.19. The Morgan fingerprint density at radius 1 is 1.40 bits per heavy atom. The highest BCUT2D eigenvalue weighted by molar-refractivity contribution is 7.80. The van der Waals surface area contributed by atoms with Crippen LogP contribution in [-0.2, 0) is 0 Å². The molecule has 7 nitrogen and oxygen atoms in total. The van der Waals surface area contributed by atoms with Crippen molar-refractivity contribution in [2.45, 2.75) is 13.8 Å². The Kier molecular flexibility index (Phi) is 5.89. The summed E-state index contributed by atoms with van der Waals surface area (Å²) < 4.78 is 0. The Morgan fingerprint density at radius 2 is 2.12 bits per heavy atom. The maximum Gasteiger partial charge on any atom is 0.312 e. The summed E-state index contributed by atoms with van der Waals surface area (Å²) in [5.74, 6) is -0.520. The van der Waals surface area contributed by atoms with Crippen molar-refractivity contribution in [2.75, 3.05) is 5.32 Å². The molecular weight excluding hydrogens is 364 g/mol. The molecule has 0 heterocycles. The number of anilines is 1. The van der Waals surface area contributed by atoms with Gasteiger partial charge in [0.25, 0.3) is 0 Å². The number of nitro groups is 1. The van der Waals surface area contributed by atoms with Gasteiger partial charge >= 0.3 is 5.69 Å². The topological polar surface area (TPSA) is 99.8 Å². The molecule has 2 aromatic carbocycles. The van der Waals surface area contributed by atoms with E-state index in [9.17, 15) is 15.2 Å². The van der Waals surface area contributed by atoms with Gasteiger partial charge in [0.2, 0.25) is 5.75 Å². The SMILES string of the molecule is Cc1cccc(NC(=S)N/N=C/c2cc(Cl)cc([N+](=O)[O-])c2O)c1C. The minimum Gasteiger partial charge on any atom is -0.502 e. The van der Waals surface area contributed by atoms with Crippen LogP contribution in [0, 0.1) is 24.0 Å². The quantitative estimate of drug-likeness (QED) is 0.323. The molecule has 0 saturated heterocycles. The van der Waals surface area contributed by atoms with Gasteiger partial charge in [-0.05, 0) is 49.3 Å². The van der Waals surface area contributed by atoms with Crippen LogP contribution >= 0.6 is 23.8 Å². The molecule has 0 fully saturated rings. The average Bonchev–Trinajstić information content (AvgIpc) is 2.54. The number of thiocarbonyl (C=S) groups is 1. The monoisotopic (exact) mass is 378 g/mol. The van der Waals surface area contributed by atoms with Crippen molar-refractivity contribution >= 4 is 46.5 Å². The van der Waals surface area contributed by atoms with Crippen LogP contribution in [0.5, 0.6) is 5.75 Å². The van der Waals surface area contributed by atoms with Gasteiger partial charge in [0, 0.05) is 22.3 Å². The van der Waals surface area contributed by atoms with E-state index in [2.05, 4.69) is 15.8 Å². The van der Waals surface area contributed by atoms with Crippen molar-refractivity contribution < 1.29 is 10.0 Å². The molecule has 0 saturated carbocycles. The molecule has 3 N–H and O–H groups in total. The number of hydrogen-bond acceptors (Lipinski definition) is 5. The molecule has 25 heavy (non-hydrogen) atoms. The Bertz CT molecular complexity index is 871. The predicted molar refractivity (Wildman–Crippen MR) is 103 cm³/mol. The Balaban J connectivity index is 2.09. The number of hydrogen-bond donors (Lipinski definition) is 3. The van der Waals surface area contributed by atoms with Gasteiger partial charge in [-0.15, -0.1) is 0 Å². The maximum absolute atomic E-state index is 10.9. The van der Waals surface area contributed by atoms with Gasteiger partial charge in [0.1, 0.15) is 0 Å². The molecule has 0 aliphatic heterocycles. The van der Waals surface area contributed by atoms with Crippen LogP contribution in [0.25, 0.3) is 0 Å². The zero-order chi connectivity index (χ0) is 18.6. The van der Waals surface area contributed by atoms with Gasteiger partial charge in [-0.25, -0.2) is 0 Å². The van der Waals surface area contributed by atoms with Gasteiger partial charge < -0.3 is 10.4 Å². The minimum atomic E-state index is -0.724. The number of rotatable bonds is 4. The van der Waals surface area contributed by atoms with Crippen LogP contribution in [0.15, 0.2) is 35.4 Å². The lowest BCUT2D eigenvalue weighted by Crippen LogP contribution is -2.24. The van der Waals surface area contributed by atoms with Gasteiger partial charge in [0.05, 0.1) is 11.1 Å². The van der Waals surface area contributed by atoms with Crippen LogP contribution in [0.4, 0.5) is 11.4 Å². The molecule has 0 spiro atoms. The Labute approximate surface area is 154 Å². The third kappa shape index (κ3) is 4.65. The van der Waals surface area contributed by atoms with Crippen molar-refractivity contribution in [2.24, 2.45) is 5.10 Å². The molecule has 0 unspecified atom stereocenters. The number of nitrogens with one attached hydrogen (secondary N) is 2. The van der Waals surface area contributed by atoms with Crippen molar-refractivity contribution in [3.63, 3.8) is 0 Å². The first kappa shape index (κ1) is 18.6. The lowest BCUT2D eigenvalue weighted by molar-refractivity contribution is -0.385. The molecule has 0 aromatic heterocycles. The van der Waals surface area contributed by atoms with Crippen molar-refractivity contribution in [1.82, 2.24) is 5.43 Å². The molecule has 130 valence electrons. The lowest BCUT2D eigenvalue weighted by atomic mass is 10.1. The molecule has 0 aliphatic rings. The number of nitro benzene ring substituents is 1. The fraction of sp³-hybridized carbons (Fsp3) is 0.125. The largest absolute Gasteiger partial charge is 0.502 e. The van der Waals surface area contributed by atoms with E-state index in [0.717, 1.165) is 22.9 Å². The Morgan fingerprint density at radius 3 is 2.80 bits per heavy atom. The molecule has 2 rings (SSSR count). The van der Waals surface area contributed by atoms with Gasteiger partial charge in [-0.2, -0.15) is 5.10 Å². The summed E-state index contributed by atoms with van der Waals surface area (Å²) in [4.78, 5) is 10.1. The molecule has 9 heteroatoms. The third-order valence-electron chi connectivity index (χ3n) is 3.50. The number of aromatic hydroxyl groups is 1. The molecular formula is C16H15ClN4O3S. The summed E-state index contributed by atoms with van der Waals surface area (Å²) in [7, 11) is 0. The standard InChI is InChI=1S/C16H15ClN4O3S/c1-9-4-3-5-13(10(9)2)19-16(25)20-18-8-11-6-12(17)7-14(15(11)22)21(23)24/h3-8,22H,1-2H3,(H2,19,20,25)/b18-8+. The molecule has 0 amide bonds. The fourth-order valence-corrected chi connectivity index (χ4v) is 2.42. The first-order valence-electron chi connectivity index (χ1n) is 7.12. The van der Waals surface area contributed by atoms with Gasteiger partial charge in [-0.1, -0.05) is 23.7 Å². The number of hydrazone groups is 1. The zero-order valence-corrected chi connectivity index (χ0v) is 15.0. The first-order chi connectivity index (χ1) is 11.8. The number of phenols is 1. The summed E-state index contributed by atoms with van der Waals surface area (Å²) in [6.07, 6.45) is 1.20. The second-order valence-corrected chi connectivity index (χ2v) is 6.04. The number of benzene rings is 2. The summed E-state index contributed by atoms with van der Waals surface area (Å²) >= 11 is 11.0. The van der Waals surface area contributed by atoms with Gasteiger partial charge in [-0.3, -0.25) is 15.5 Å². The fourth-order valence-electron chi connectivity index (χ4n) is 2.04. The minimum absolute atomic E-state index is 0.0984. The van der Waals surface area contributed by atoms with Crippen molar-refractivity contribution in [3.8, 4) is 5.75 Å². The lowest BCUT2D eigenvalue weighted by Gasteiger charge is -2.11. The van der Waals surface area contributed by atoms with Crippen molar-refractivity contribution in [3.05, 3.63) is 62.2 Å². The molecule has 0 radical (unpaired) electrons. The maximum atomic E-state index is 10.9. The van der Waals surface area contributed by atoms with Crippen LogP contribution in [0.3, 0.4) is 0 Å². The summed E-state index contributed by atoms with van der Waals surface area (Å²) in [6.45, 7) is 3.96. The summed E-state index contributed by atoms with van der Waals surface area (Å²) in [5.41, 5.74) is 5.20. The van der Waals surface area contributed by atoms with Crippen molar-refractivity contribution in [1.29, 1.82) is 0 Å². The van der Waals surface area contributed by atoms with Crippen LogP contribution < -0.4 is 10.7 Å². The summed E-state index contributed by atoms with van der Waals surface area (Å²) in [6, 6.07) is 8.19. The number of aryl methyl sites for hydroxylation is 1. The molecule has 2 aromatic rings. The highest BCUT2D eigenvalue weighted by Gasteiger charge is 2.17. The highest BCUT2D eigenvalue weighted by atomic mass is 35.5. The molecule has 0 bridgehead atoms. The highest BCUT2D eigenvalue weighted by Crippen LogP contribution is 2.32. The van der Waals surface area contributed by atoms with Crippen LogP contribution in [0.1, 0.15) is 16.7 Å². The normalized spacial score (nSPS) is 10.7. The van der Waals surface area contributed by atoms with Gasteiger partial charge in [0.15, 0.2) is 5.11 Å². The molecule has 0 atom stereocenters. The van der Waals surface area contributed by atoms with E-state index in [0.29, 0.717) is 0 Å². The van der Waals surface area contributed by atoms with E-state index in [-0.39, 0.29) is 15.7 Å². The van der Waals surface area contributed by atoms with E-state index in [1.54, 1.807) is 0 Å². The average molecular weight is 379 g/mol. The van der Waals surface area contributed by atoms with Crippen LogP contribution in [-0.4, -0.2) is 21.4 Å². The number of phenolic OH excluding ortho intramolecular Hbond substituents is 1. The van der Waals surface area contributed by atoms with E-state index in [4.69, 9.17) is 23.8 Å². The van der Waals surface area contributed by atoms with E-state index in [1.165, 1.54) is 12.3 Å². The third-order valence-corrected chi connectivity index (χ3v) is 3.91. The van der Waals surface area contributed by atoms with E-state index < -0.39 is 16.4 Å². The predicted octanol–water partition coefficient (Wildman–Crippen LogP) is 3.89. The zero-order valence-electron chi connectivity index (χ0n) is 13.4. The number of nitrogens with zero attached hydrogens (tertiary/aromatic N) is 2. The molecule has 0 aliphatic carbocycles. The number of halogens is 1. The smallest absolute Gasteiger partial charge is 0.312 e. The van der Waals surface area contributed by atoms with Crippen LogP contribution in [0.2, 0.25) is 5.02 Å². The Hall–Kier alpha value is -2.71.